The van der Waals surface area contributed by atoms with Gasteiger partial charge in [0.05, 0.1) is 5.02 Å². The van der Waals surface area contributed by atoms with Crippen LogP contribution in [0.3, 0.4) is 0 Å². The van der Waals surface area contributed by atoms with Crippen molar-refractivity contribution in [1.82, 2.24) is 5.32 Å². The van der Waals surface area contributed by atoms with Crippen LogP contribution >= 0.6 is 35.8 Å². The molecule has 0 spiro atoms. The van der Waals surface area contributed by atoms with Gasteiger partial charge in [-0.2, -0.15) is 0 Å². The number of nitrogens with one attached hydrogen (secondary N) is 1. The van der Waals surface area contributed by atoms with Crippen LogP contribution in [0.2, 0.25) is 5.02 Å². The van der Waals surface area contributed by atoms with Crippen LogP contribution in [0.5, 0.6) is 0 Å². The molecule has 1 amide bonds. The summed E-state index contributed by atoms with van der Waals surface area (Å²) in [5.74, 6) is 1.30. The monoisotopic (exact) mass is 350 g/mol. The van der Waals surface area contributed by atoms with Crippen molar-refractivity contribution in [3.8, 4) is 0 Å². The molecule has 0 aromatic heterocycles. The van der Waals surface area contributed by atoms with Gasteiger partial charge in [0.1, 0.15) is 0 Å². The van der Waals surface area contributed by atoms with E-state index in [0.29, 0.717) is 24.6 Å². The molecule has 21 heavy (non-hydrogen) atoms. The lowest BCUT2D eigenvalue weighted by Crippen LogP contribution is -2.41. The molecule has 0 aliphatic heterocycles. The van der Waals surface area contributed by atoms with Gasteiger partial charge in [0.2, 0.25) is 5.91 Å². The van der Waals surface area contributed by atoms with Crippen LogP contribution in [0, 0.1) is 5.92 Å². The molecule has 1 aromatic rings. The summed E-state index contributed by atoms with van der Waals surface area (Å²) in [6.45, 7) is 4.74. The molecule has 1 atom stereocenters. The predicted molar refractivity (Wildman–Crippen MR) is 94.5 cm³/mol. The summed E-state index contributed by atoms with van der Waals surface area (Å²) in [6, 6.07) is 7.74. The molecule has 0 radical (unpaired) electrons. The Balaban J connectivity index is 0.00000400. The van der Waals surface area contributed by atoms with Crippen molar-refractivity contribution >= 4 is 41.7 Å². The van der Waals surface area contributed by atoms with Gasteiger partial charge in [0, 0.05) is 29.7 Å². The van der Waals surface area contributed by atoms with Gasteiger partial charge in [-0.1, -0.05) is 37.6 Å². The van der Waals surface area contributed by atoms with Crippen molar-refractivity contribution < 1.29 is 4.79 Å². The molecule has 0 heterocycles. The average Bonchev–Trinajstić information content (AvgIpc) is 2.39. The predicted octanol–water partition coefficient (Wildman–Crippen LogP) is 3.73. The minimum atomic E-state index is 0. The van der Waals surface area contributed by atoms with E-state index in [1.807, 2.05) is 24.3 Å². The Morgan fingerprint density at radius 2 is 2.05 bits per heavy atom. The molecular weight excluding hydrogens is 327 g/mol. The molecule has 1 rings (SSSR count). The molecule has 3 nitrogen and oxygen atoms in total. The average molecular weight is 351 g/mol. The summed E-state index contributed by atoms with van der Waals surface area (Å²) in [5.41, 5.74) is 5.67. The highest BCUT2D eigenvalue weighted by molar-refractivity contribution is 7.99. The van der Waals surface area contributed by atoms with E-state index in [1.54, 1.807) is 11.8 Å². The van der Waals surface area contributed by atoms with Crippen LogP contribution in [0.25, 0.3) is 0 Å². The highest BCUT2D eigenvalue weighted by atomic mass is 35.5. The number of thioether (sulfide) groups is 1. The Bertz CT molecular complexity index is 430. The van der Waals surface area contributed by atoms with Gasteiger partial charge >= 0.3 is 0 Å². The van der Waals surface area contributed by atoms with Crippen molar-refractivity contribution in [2.45, 2.75) is 37.6 Å². The summed E-state index contributed by atoms with van der Waals surface area (Å²) in [5, 5.41) is 3.72. The lowest BCUT2D eigenvalue weighted by Gasteiger charge is -2.18. The quantitative estimate of drug-likeness (QED) is 0.702. The number of benzene rings is 1. The summed E-state index contributed by atoms with van der Waals surface area (Å²) in [4.78, 5) is 12.9. The summed E-state index contributed by atoms with van der Waals surface area (Å²) < 4.78 is 0. The third kappa shape index (κ3) is 8.57. The number of nitrogens with two attached hydrogens (primary N) is 1. The molecule has 0 bridgehead atoms. The second kappa shape index (κ2) is 11.2. The highest BCUT2D eigenvalue weighted by Crippen LogP contribution is 2.26. The summed E-state index contributed by atoms with van der Waals surface area (Å²) >= 11 is 7.67. The van der Waals surface area contributed by atoms with E-state index in [2.05, 4.69) is 19.2 Å². The first-order valence-electron chi connectivity index (χ1n) is 6.89. The molecule has 0 fully saturated rings. The van der Waals surface area contributed by atoms with E-state index >= 15 is 0 Å². The minimum Gasteiger partial charge on any atom is -0.352 e. The van der Waals surface area contributed by atoms with Gasteiger partial charge in [-0.05, 0) is 24.5 Å². The minimum absolute atomic E-state index is 0. The number of halogens is 2. The first kappa shape index (κ1) is 20.6. The molecule has 3 N–H and O–H groups in total. The largest absolute Gasteiger partial charge is 0.352 e. The van der Waals surface area contributed by atoms with Gasteiger partial charge in [-0.15, -0.1) is 24.2 Å². The molecule has 120 valence electrons. The zero-order chi connectivity index (χ0) is 15.0. The number of rotatable bonds is 8. The Labute approximate surface area is 142 Å². The molecule has 1 aromatic carbocycles. The Hall–Kier alpha value is -0.420. The van der Waals surface area contributed by atoms with Gasteiger partial charge in [0.25, 0.3) is 0 Å². The maximum Gasteiger partial charge on any atom is 0.221 e. The van der Waals surface area contributed by atoms with Gasteiger partial charge in [0.15, 0.2) is 0 Å². The Kier molecular flexibility index (Phi) is 11.0. The maximum absolute atomic E-state index is 11.9. The SMILES string of the molecule is CC(C)CC(CN)NC(=O)CCSc1ccccc1Cl.Cl. The Morgan fingerprint density at radius 3 is 2.62 bits per heavy atom. The summed E-state index contributed by atoms with van der Waals surface area (Å²) in [6.07, 6.45) is 1.39. The van der Waals surface area contributed by atoms with Crippen LogP contribution in [0.1, 0.15) is 26.7 Å². The van der Waals surface area contributed by atoms with Crippen LogP contribution in [-0.2, 0) is 4.79 Å². The number of hydrogen-bond donors (Lipinski definition) is 2. The second-order valence-electron chi connectivity index (χ2n) is 5.16. The molecule has 0 aliphatic carbocycles. The van der Waals surface area contributed by atoms with Crippen molar-refractivity contribution in [2.24, 2.45) is 11.7 Å². The number of carbonyl (C=O) groups excluding carboxylic acids is 1. The van der Waals surface area contributed by atoms with E-state index in [0.717, 1.165) is 16.3 Å². The lowest BCUT2D eigenvalue weighted by atomic mass is 10.0. The van der Waals surface area contributed by atoms with Crippen molar-refractivity contribution in [3.63, 3.8) is 0 Å². The number of carbonyl (C=O) groups is 1. The molecule has 0 aliphatic rings. The zero-order valence-electron chi connectivity index (χ0n) is 12.5. The fraction of sp³-hybridized carbons (Fsp3) is 0.533. The normalized spacial score (nSPS) is 11.9. The van der Waals surface area contributed by atoms with E-state index in [4.69, 9.17) is 17.3 Å². The first-order valence-corrected chi connectivity index (χ1v) is 8.26. The molecule has 0 saturated carbocycles. The van der Waals surface area contributed by atoms with Crippen LogP contribution in [-0.4, -0.2) is 24.2 Å². The zero-order valence-corrected chi connectivity index (χ0v) is 14.9. The smallest absolute Gasteiger partial charge is 0.221 e. The second-order valence-corrected chi connectivity index (χ2v) is 6.70. The highest BCUT2D eigenvalue weighted by Gasteiger charge is 2.12. The van der Waals surface area contributed by atoms with E-state index in [1.165, 1.54) is 0 Å². The van der Waals surface area contributed by atoms with Gasteiger partial charge in [-0.25, -0.2) is 0 Å². The van der Waals surface area contributed by atoms with Crippen LogP contribution in [0.15, 0.2) is 29.2 Å². The fourth-order valence-corrected chi connectivity index (χ4v) is 3.09. The Morgan fingerprint density at radius 1 is 1.38 bits per heavy atom. The van der Waals surface area contributed by atoms with Gasteiger partial charge in [-0.3, -0.25) is 4.79 Å². The molecular formula is C15H24Cl2N2OS. The van der Waals surface area contributed by atoms with Gasteiger partial charge < -0.3 is 11.1 Å². The fourth-order valence-electron chi connectivity index (χ4n) is 1.90. The van der Waals surface area contributed by atoms with Crippen molar-refractivity contribution in [2.75, 3.05) is 12.3 Å². The van der Waals surface area contributed by atoms with Crippen LogP contribution < -0.4 is 11.1 Å². The summed E-state index contributed by atoms with van der Waals surface area (Å²) in [7, 11) is 0. The first-order chi connectivity index (χ1) is 9.52. The topological polar surface area (TPSA) is 55.1 Å². The number of amides is 1. The van der Waals surface area contributed by atoms with Crippen LogP contribution in [0.4, 0.5) is 0 Å². The van der Waals surface area contributed by atoms with Crippen molar-refractivity contribution in [1.29, 1.82) is 0 Å². The third-order valence-corrected chi connectivity index (χ3v) is 4.35. The number of hydrogen-bond acceptors (Lipinski definition) is 3. The lowest BCUT2D eigenvalue weighted by molar-refractivity contribution is -0.121. The van der Waals surface area contributed by atoms with E-state index in [-0.39, 0.29) is 24.4 Å². The van der Waals surface area contributed by atoms with E-state index in [9.17, 15) is 4.79 Å². The van der Waals surface area contributed by atoms with E-state index < -0.39 is 0 Å². The maximum atomic E-state index is 11.9. The standard InChI is InChI=1S/C15H23ClN2OS.ClH/c1-11(2)9-12(10-17)18-15(19)7-8-20-14-6-4-3-5-13(14)16;/h3-6,11-12H,7-10,17H2,1-2H3,(H,18,19);1H. The molecule has 1 unspecified atom stereocenters. The molecule has 6 heteroatoms. The third-order valence-electron chi connectivity index (χ3n) is 2.83. The molecule has 0 saturated heterocycles. The van der Waals surface area contributed by atoms with Crippen molar-refractivity contribution in [3.05, 3.63) is 29.3 Å².